The molecule has 1 saturated heterocycles. The van der Waals surface area contributed by atoms with Gasteiger partial charge in [-0.15, -0.1) is 0 Å². The molecular weight excluding hydrogens is 445 g/mol. The largest absolute Gasteiger partial charge is 0.405 e. The maximum atomic E-state index is 14.0. The van der Waals surface area contributed by atoms with Crippen molar-refractivity contribution >= 4 is 18.7 Å². The number of epoxide rings is 1. The molecule has 0 bridgehead atoms. The summed E-state index contributed by atoms with van der Waals surface area (Å²) in [5.74, 6) is 0. The molecule has 0 aliphatic carbocycles. The van der Waals surface area contributed by atoms with Gasteiger partial charge in [-0.1, -0.05) is 81.4 Å². The Balaban J connectivity index is 1.93. The van der Waals surface area contributed by atoms with Crippen LogP contribution in [0.2, 0.25) is 5.04 Å². The van der Waals surface area contributed by atoms with Crippen molar-refractivity contribution in [3.05, 3.63) is 70.8 Å². The summed E-state index contributed by atoms with van der Waals surface area (Å²) in [6.45, 7) is 7.64. The monoisotopic (exact) mass is 477 g/mol. The number of alkyl halides is 1. The Morgan fingerprint density at radius 1 is 1.09 bits per heavy atom. The van der Waals surface area contributed by atoms with Crippen molar-refractivity contribution in [2.45, 2.75) is 62.9 Å². The van der Waals surface area contributed by atoms with Gasteiger partial charge in [-0.3, -0.25) is 10.1 Å². The van der Waals surface area contributed by atoms with E-state index >= 15 is 0 Å². The van der Waals surface area contributed by atoms with Gasteiger partial charge in [0.25, 0.3) is 13.9 Å². The zero-order valence-corrected chi connectivity index (χ0v) is 20.6. The number of methoxy groups -OCH3 is 1. The number of benzene rings is 2. The minimum atomic E-state index is -2.85. The van der Waals surface area contributed by atoms with Crippen LogP contribution in [0.1, 0.15) is 27.7 Å². The summed E-state index contributed by atoms with van der Waals surface area (Å²) < 4.78 is 30.9. The second-order valence-corrected chi connectivity index (χ2v) is 13.9. The summed E-state index contributed by atoms with van der Waals surface area (Å²) in [4.78, 5) is 11.1. The van der Waals surface area contributed by atoms with Crippen molar-refractivity contribution in [1.29, 1.82) is 0 Å². The highest BCUT2D eigenvalue weighted by atomic mass is 28.4. The second kappa shape index (κ2) is 9.59. The first-order valence-electron chi connectivity index (χ1n) is 10.9. The minimum Gasteiger partial charge on any atom is -0.405 e. The van der Waals surface area contributed by atoms with Gasteiger partial charge < -0.3 is 19.0 Å². The Kier molecular flexibility index (Phi) is 7.40. The normalized spacial score (nSPS) is 22.3. The molecule has 0 saturated carbocycles. The number of rotatable bonds is 10. The third kappa shape index (κ3) is 4.60. The van der Waals surface area contributed by atoms with Gasteiger partial charge in [0.05, 0.1) is 6.61 Å². The molecule has 9 heteroatoms. The van der Waals surface area contributed by atoms with Crippen LogP contribution < -0.4 is 10.4 Å². The number of nitro groups is 1. The van der Waals surface area contributed by atoms with Crippen molar-refractivity contribution in [3.63, 3.8) is 0 Å². The van der Waals surface area contributed by atoms with E-state index in [1.165, 1.54) is 6.92 Å². The van der Waals surface area contributed by atoms with Crippen LogP contribution in [-0.4, -0.2) is 62.3 Å². The van der Waals surface area contributed by atoms with Crippen molar-refractivity contribution in [1.82, 2.24) is 0 Å². The quantitative estimate of drug-likeness (QED) is 0.245. The lowest BCUT2D eigenvalue weighted by Gasteiger charge is -2.43. The van der Waals surface area contributed by atoms with Gasteiger partial charge in [0.15, 0.2) is 12.2 Å². The van der Waals surface area contributed by atoms with Crippen molar-refractivity contribution in [2.24, 2.45) is 0 Å². The molecule has 0 aromatic heterocycles. The second-order valence-electron chi connectivity index (χ2n) is 9.58. The highest BCUT2D eigenvalue weighted by Crippen LogP contribution is 2.41. The van der Waals surface area contributed by atoms with Gasteiger partial charge in [0.1, 0.15) is 6.10 Å². The van der Waals surface area contributed by atoms with Gasteiger partial charge in [-0.25, -0.2) is 4.39 Å². The lowest BCUT2D eigenvalue weighted by atomic mass is 9.89. The first kappa shape index (κ1) is 25.4. The van der Waals surface area contributed by atoms with Gasteiger partial charge in [-0.2, -0.15) is 0 Å². The zero-order valence-electron chi connectivity index (χ0n) is 19.6. The summed E-state index contributed by atoms with van der Waals surface area (Å²) in [7, 11) is -1.81. The number of aliphatic hydroxyl groups is 1. The first-order valence-corrected chi connectivity index (χ1v) is 12.8. The molecule has 0 amide bonds. The average molecular weight is 478 g/mol. The molecular formula is C24H32FNO6Si. The van der Waals surface area contributed by atoms with E-state index in [0.29, 0.717) is 0 Å². The highest BCUT2D eigenvalue weighted by Gasteiger charge is 2.67. The molecule has 1 aliphatic rings. The number of hydrogen-bond donors (Lipinski definition) is 1. The third-order valence-electron chi connectivity index (χ3n) is 6.51. The van der Waals surface area contributed by atoms with Crippen molar-refractivity contribution in [2.75, 3.05) is 13.7 Å². The summed E-state index contributed by atoms with van der Waals surface area (Å²) in [6.07, 6.45) is -5.85. The van der Waals surface area contributed by atoms with Gasteiger partial charge in [-0.05, 0) is 15.4 Å². The molecule has 0 spiro atoms. The molecule has 2 aromatic rings. The number of hydrogen-bond acceptors (Lipinski definition) is 6. The molecule has 1 heterocycles. The minimum absolute atomic E-state index is 0.0814. The van der Waals surface area contributed by atoms with Crippen LogP contribution in [-0.2, 0) is 13.9 Å². The molecule has 5 atom stereocenters. The van der Waals surface area contributed by atoms with E-state index < -0.39 is 43.4 Å². The van der Waals surface area contributed by atoms with Crippen LogP contribution in [0.25, 0.3) is 0 Å². The molecule has 0 radical (unpaired) electrons. The predicted molar refractivity (Wildman–Crippen MR) is 126 cm³/mol. The van der Waals surface area contributed by atoms with E-state index in [9.17, 15) is 19.6 Å². The van der Waals surface area contributed by atoms with Crippen LogP contribution in [0.4, 0.5) is 4.39 Å². The summed E-state index contributed by atoms with van der Waals surface area (Å²) >= 11 is 0. The number of nitrogens with zero attached hydrogens (tertiary/aromatic N) is 1. The standard InChI is InChI=1S/C24H32FNO6Si/c1-23(2,3)33(17-12-8-6-9-13-17,18-14-10-7-11-15-18)31-16-19-21(32-19)24(4,26(28)29)20(27)22(25)30-5/h6-15,19-22,27H,16H2,1-5H3/t19-,20+,21+,22-,24+/m1/s1. The smallest absolute Gasteiger partial charge is 0.278 e. The zero-order chi connectivity index (χ0) is 24.4. The Morgan fingerprint density at radius 2 is 1.58 bits per heavy atom. The van der Waals surface area contributed by atoms with E-state index in [-0.39, 0.29) is 11.6 Å². The number of aliphatic hydroxyl groups excluding tert-OH is 1. The molecule has 1 aliphatic heterocycles. The van der Waals surface area contributed by atoms with Crippen LogP contribution in [0.5, 0.6) is 0 Å². The molecule has 1 N–H and O–H groups in total. The molecule has 0 unspecified atom stereocenters. The average Bonchev–Trinajstić information content (AvgIpc) is 3.58. The van der Waals surface area contributed by atoms with Crippen LogP contribution in [0.15, 0.2) is 60.7 Å². The van der Waals surface area contributed by atoms with Gasteiger partial charge in [0, 0.05) is 19.0 Å². The fourth-order valence-electron chi connectivity index (χ4n) is 4.53. The summed E-state index contributed by atoms with van der Waals surface area (Å²) in [5, 5.41) is 24.0. The van der Waals surface area contributed by atoms with Crippen LogP contribution in [0, 0.1) is 10.1 Å². The van der Waals surface area contributed by atoms with E-state index in [4.69, 9.17) is 9.16 Å². The Bertz CT molecular complexity index is 901. The Morgan fingerprint density at radius 3 is 1.97 bits per heavy atom. The lowest BCUT2D eigenvalue weighted by Crippen LogP contribution is -2.67. The molecule has 2 aromatic carbocycles. The topological polar surface area (TPSA) is 94.4 Å². The van der Waals surface area contributed by atoms with E-state index in [1.54, 1.807) is 0 Å². The van der Waals surface area contributed by atoms with Crippen LogP contribution in [0.3, 0.4) is 0 Å². The first-order chi connectivity index (χ1) is 15.5. The van der Waals surface area contributed by atoms with Crippen molar-refractivity contribution in [3.8, 4) is 0 Å². The maximum Gasteiger partial charge on any atom is 0.278 e. The lowest BCUT2D eigenvalue weighted by molar-refractivity contribution is -0.585. The van der Waals surface area contributed by atoms with Crippen LogP contribution >= 0.6 is 0 Å². The third-order valence-corrected chi connectivity index (χ3v) is 11.5. The molecule has 33 heavy (non-hydrogen) atoms. The molecule has 180 valence electrons. The maximum absolute atomic E-state index is 14.0. The van der Waals surface area contributed by atoms with E-state index in [0.717, 1.165) is 17.5 Å². The highest BCUT2D eigenvalue weighted by molar-refractivity contribution is 6.99. The fourth-order valence-corrected chi connectivity index (χ4v) is 9.10. The fraction of sp³-hybridized carbons (Fsp3) is 0.500. The predicted octanol–water partition coefficient (Wildman–Crippen LogP) is 2.67. The van der Waals surface area contributed by atoms with Crippen molar-refractivity contribution < 1.29 is 28.3 Å². The Labute approximate surface area is 194 Å². The van der Waals surface area contributed by atoms with Gasteiger partial charge in [0.2, 0.25) is 6.36 Å². The number of ether oxygens (including phenoxy) is 2. The summed E-state index contributed by atoms with van der Waals surface area (Å²) in [5.41, 5.74) is -2.07. The SMILES string of the molecule is CO[C@@H](F)[C@H](O)[C@@](C)([C@H]1O[C@@H]1CO[Si](c1ccccc1)(c1ccccc1)C(C)(C)C)[N+](=O)[O-]. The molecule has 3 rings (SSSR count). The Hall–Kier alpha value is -2.17. The van der Waals surface area contributed by atoms with E-state index in [1.807, 2.05) is 60.7 Å². The molecule has 7 nitrogen and oxygen atoms in total. The van der Waals surface area contributed by atoms with Gasteiger partial charge >= 0.3 is 0 Å². The van der Waals surface area contributed by atoms with E-state index in [2.05, 4.69) is 25.5 Å². The number of halogens is 1. The molecule has 1 fully saturated rings. The summed E-state index contributed by atoms with van der Waals surface area (Å²) in [6, 6.07) is 20.0.